The lowest BCUT2D eigenvalue weighted by molar-refractivity contribution is -0.137. The average molecular weight is 227 g/mol. The fourth-order valence-electron chi connectivity index (χ4n) is 1.44. The molecule has 0 spiro atoms. The van der Waals surface area contributed by atoms with Crippen LogP contribution in [0, 0.1) is 0 Å². The van der Waals surface area contributed by atoms with Gasteiger partial charge in [0, 0.05) is 19.5 Å². The van der Waals surface area contributed by atoms with Gasteiger partial charge in [-0.15, -0.1) is 5.10 Å². The Morgan fingerprint density at radius 1 is 1.38 bits per heavy atom. The molecule has 16 heavy (non-hydrogen) atoms. The minimum atomic E-state index is -0.869. The highest BCUT2D eigenvalue weighted by atomic mass is 16.5. The molecule has 0 radical (unpaired) electrons. The lowest BCUT2D eigenvalue weighted by Gasteiger charge is -2.24. The molecule has 1 aromatic rings. The SMILES string of the molecule is O=C(O)CCc1nnc(N2CCOCC2)o1. The monoisotopic (exact) mass is 227 g/mol. The van der Waals surface area contributed by atoms with Crippen LogP contribution in [-0.2, 0) is 16.0 Å². The molecule has 0 aliphatic carbocycles. The molecule has 1 saturated heterocycles. The molecule has 1 N–H and O–H groups in total. The molecule has 88 valence electrons. The maximum Gasteiger partial charge on any atom is 0.318 e. The molecule has 1 aliphatic rings. The topological polar surface area (TPSA) is 88.7 Å². The van der Waals surface area contributed by atoms with Crippen LogP contribution in [-0.4, -0.2) is 47.6 Å². The van der Waals surface area contributed by atoms with E-state index in [0.717, 1.165) is 13.1 Å². The van der Waals surface area contributed by atoms with E-state index in [1.54, 1.807) is 0 Å². The van der Waals surface area contributed by atoms with Crippen molar-refractivity contribution in [3.8, 4) is 0 Å². The molecule has 0 saturated carbocycles. The van der Waals surface area contributed by atoms with Crippen LogP contribution in [0.5, 0.6) is 0 Å². The second-order valence-electron chi connectivity index (χ2n) is 3.47. The molecule has 0 amide bonds. The second-order valence-corrected chi connectivity index (χ2v) is 3.47. The third-order valence-corrected chi connectivity index (χ3v) is 2.29. The third kappa shape index (κ3) is 2.69. The van der Waals surface area contributed by atoms with Gasteiger partial charge >= 0.3 is 12.0 Å². The Morgan fingerprint density at radius 2 is 2.12 bits per heavy atom. The summed E-state index contributed by atoms with van der Waals surface area (Å²) in [7, 11) is 0. The molecule has 0 bridgehead atoms. The van der Waals surface area contributed by atoms with Crippen molar-refractivity contribution in [2.24, 2.45) is 0 Å². The van der Waals surface area contributed by atoms with E-state index in [1.165, 1.54) is 0 Å². The quantitative estimate of drug-likeness (QED) is 0.769. The number of anilines is 1. The first-order valence-corrected chi connectivity index (χ1v) is 5.12. The summed E-state index contributed by atoms with van der Waals surface area (Å²) in [6.07, 6.45) is 0.275. The highest BCUT2D eigenvalue weighted by molar-refractivity contribution is 5.66. The number of nitrogens with zero attached hydrogens (tertiary/aromatic N) is 3. The van der Waals surface area contributed by atoms with Gasteiger partial charge in [0.15, 0.2) is 0 Å². The zero-order chi connectivity index (χ0) is 11.4. The first kappa shape index (κ1) is 10.9. The predicted molar refractivity (Wildman–Crippen MR) is 53.3 cm³/mol. The first-order valence-electron chi connectivity index (χ1n) is 5.12. The van der Waals surface area contributed by atoms with Crippen LogP contribution in [0.1, 0.15) is 12.3 Å². The maximum absolute atomic E-state index is 10.4. The first-order chi connectivity index (χ1) is 7.75. The number of carbonyl (C=O) groups is 1. The van der Waals surface area contributed by atoms with Gasteiger partial charge in [-0.1, -0.05) is 5.10 Å². The number of morpholine rings is 1. The molecule has 1 aromatic heterocycles. The van der Waals surface area contributed by atoms with Crippen LogP contribution in [0.2, 0.25) is 0 Å². The minimum Gasteiger partial charge on any atom is -0.481 e. The van der Waals surface area contributed by atoms with Crippen LogP contribution in [0.4, 0.5) is 6.01 Å². The van der Waals surface area contributed by atoms with Crippen molar-refractivity contribution in [3.63, 3.8) is 0 Å². The molecule has 0 unspecified atom stereocenters. The van der Waals surface area contributed by atoms with Crippen LogP contribution < -0.4 is 4.90 Å². The molecule has 0 aromatic carbocycles. The van der Waals surface area contributed by atoms with E-state index in [0.29, 0.717) is 25.1 Å². The normalized spacial score (nSPS) is 16.4. The van der Waals surface area contributed by atoms with Gasteiger partial charge in [0.1, 0.15) is 0 Å². The van der Waals surface area contributed by atoms with Crippen LogP contribution >= 0.6 is 0 Å². The molecule has 7 heteroatoms. The number of carboxylic acids is 1. The number of hydrogen-bond acceptors (Lipinski definition) is 6. The fourth-order valence-corrected chi connectivity index (χ4v) is 1.44. The lowest BCUT2D eigenvalue weighted by Crippen LogP contribution is -2.36. The zero-order valence-electron chi connectivity index (χ0n) is 8.76. The van der Waals surface area contributed by atoms with E-state index < -0.39 is 5.97 Å². The van der Waals surface area contributed by atoms with E-state index in [2.05, 4.69) is 10.2 Å². The summed E-state index contributed by atoms with van der Waals surface area (Å²) >= 11 is 0. The number of hydrogen-bond donors (Lipinski definition) is 1. The van der Waals surface area contributed by atoms with Crippen molar-refractivity contribution in [1.82, 2.24) is 10.2 Å². The Kier molecular flexibility index (Phi) is 3.35. The van der Waals surface area contributed by atoms with Crippen molar-refractivity contribution in [3.05, 3.63) is 5.89 Å². The van der Waals surface area contributed by atoms with Crippen LogP contribution in [0.25, 0.3) is 0 Å². The smallest absolute Gasteiger partial charge is 0.318 e. The van der Waals surface area contributed by atoms with Gasteiger partial charge in [0.05, 0.1) is 19.6 Å². The summed E-state index contributed by atoms with van der Waals surface area (Å²) in [6.45, 7) is 2.74. The molecule has 7 nitrogen and oxygen atoms in total. The van der Waals surface area contributed by atoms with E-state index in [1.807, 2.05) is 4.90 Å². The Morgan fingerprint density at radius 3 is 2.81 bits per heavy atom. The molecular formula is C9H13N3O4. The summed E-state index contributed by atoms with van der Waals surface area (Å²) < 4.78 is 10.6. The zero-order valence-corrected chi connectivity index (χ0v) is 8.76. The third-order valence-electron chi connectivity index (χ3n) is 2.29. The summed E-state index contributed by atoms with van der Waals surface area (Å²) in [6, 6.07) is 0.448. The average Bonchev–Trinajstić information content (AvgIpc) is 2.76. The molecule has 1 fully saturated rings. The van der Waals surface area contributed by atoms with Gasteiger partial charge in [-0.05, 0) is 0 Å². The molecular weight excluding hydrogens is 214 g/mol. The van der Waals surface area contributed by atoms with Gasteiger partial charge in [-0.2, -0.15) is 0 Å². The summed E-state index contributed by atoms with van der Waals surface area (Å²) in [5, 5.41) is 16.2. The van der Waals surface area contributed by atoms with Crippen molar-refractivity contribution in [2.45, 2.75) is 12.8 Å². The van der Waals surface area contributed by atoms with Gasteiger partial charge in [-0.25, -0.2) is 0 Å². The predicted octanol–water partition coefficient (Wildman–Crippen LogP) is -0.0766. The fraction of sp³-hybridized carbons (Fsp3) is 0.667. The standard InChI is InChI=1S/C9H13N3O4/c13-8(14)2-1-7-10-11-9(16-7)12-3-5-15-6-4-12/h1-6H2,(H,13,14). The van der Waals surface area contributed by atoms with Crippen LogP contribution in [0.3, 0.4) is 0 Å². The molecule has 0 atom stereocenters. The Bertz CT molecular complexity index is 359. The Balaban J connectivity index is 1.93. The van der Waals surface area contributed by atoms with Crippen molar-refractivity contribution < 1.29 is 19.1 Å². The Hall–Kier alpha value is -1.63. The highest BCUT2D eigenvalue weighted by Gasteiger charge is 2.17. The van der Waals surface area contributed by atoms with Gasteiger partial charge < -0.3 is 19.2 Å². The van der Waals surface area contributed by atoms with Gasteiger partial charge in [-0.3, -0.25) is 4.79 Å². The van der Waals surface area contributed by atoms with Crippen molar-refractivity contribution in [1.29, 1.82) is 0 Å². The summed E-state index contributed by atoms with van der Waals surface area (Å²) in [4.78, 5) is 12.3. The van der Waals surface area contributed by atoms with E-state index in [4.69, 9.17) is 14.3 Å². The Labute approximate surface area is 92.0 Å². The highest BCUT2D eigenvalue weighted by Crippen LogP contribution is 2.14. The van der Waals surface area contributed by atoms with E-state index >= 15 is 0 Å². The van der Waals surface area contributed by atoms with Gasteiger partial charge in [0.2, 0.25) is 5.89 Å². The molecule has 2 rings (SSSR count). The number of ether oxygens (including phenoxy) is 1. The number of rotatable bonds is 4. The van der Waals surface area contributed by atoms with Crippen molar-refractivity contribution in [2.75, 3.05) is 31.2 Å². The second kappa shape index (κ2) is 4.93. The largest absolute Gasteiger partial charge is 0.481 e. The van der Waals surface area contributed by atoms with Crippen LogP contribution in [0.15, 0.2) is 4.42 Å². The van der Waals surface area contributed by atoms with E-state index in [9.17, 15) is 4.79 Å². The minimum absolute atomic E-state index is 0.00471. The maximum atomic E-state index is 10.4. The number of aliphatic carboxylic acids is 1. The number of carboxylic acid groups (broad SMARTS) is 1. The summed E-state index contributed by atoms with van der Waals surface area (Å²) in [5.41, 5.74) is 0. The molecule has 1 aliphatic heterocycles. The lowest BCUT2D eigenvalue weighted by atomic mass is 10.3. The number of aromatic nitrogens is 2. The van der Waals surface area contributed by atoms with E-state index in [-0.39, 0.29) is 12.8 Å². The van der Waals surface area contributed by atoms with Crippen molar-refractivity contribution >= 4 is 12.0 Å². The molecule has 2 heterocycles. The summed E-state index contributed by atoms with van der Waals surface area (Å²) in [5.74, 6) is -0.505. The number of aryl methyl sites for hydroxylation is 1. The van der Waals surface area contributed by atoms with Gasteiger partial charge in [0.25, 0.3) is 0 Å².